The zero-order chi connectivity index (χ0) is 20.3. The average molecular weight is 403 g/mol. The van der Waals surface area contributed by atoms with Crippen molar-refractivity contribution in [3.05, 3.63) is 53.2 Å². The molecule has 0 fully saturated rings. The number of ether oxygens (including phenoxy) is 3. The number of thiophene rings is 1. The molecule has 0 saturated heterocycles. The number of halogens is 1. The maximum Gasteiger partial charge on any atom is 0.349 e. The van der Waals surface area contributed by atoms with E-state index in [9.17, 15) is 14.0 Å². The fourth-order valence-corrected chi connectivity index (χ4v) is 3.51. The third kappa shape index (κ3) is 4.07. The second kappa shape index (κ2) is 8.26. The van der Waals surface area contributed by atoms with Crippen molar-refractivity contribution in [1.82, 2.24) is 0 Å². The van der Waals surface area contributed by atoms with Gasteiger partial charge in [-0.15, -0.1) is 11.3 Å². The van der Waals surface area contributed by atoms with E-state index in [1.807, 2.05) is 0 Å². The summed E-state index contributed by atoms with van der Waals surface area (Å²) in [6, 6.07) is 10.9. The summed E-state index contributed by atoms with van der Waals surface area (Å²) in [6.07, 6.45) is -1.05. The van der Waals surface area contributed by atoms with Crippen LogP contribution in [-0.4, -0.2) is 32.2 Å². The van der Waals surface area contributed by atoms with Crippen LogP contribution in [0.3, 0.4) is 0 Å². The molecule has 1 aromatic heterocycles. The van der Waals surface area contributed by atoms with Gasteiger partial charge in [-0.2, -0.15) is 0 Å². The molecule has 6 nitrogen and oxygen atoms in total. The summed E-state index contributed by atoms with van der Waals surface area (Å²) in [4.78, 5) is 24.9. The molecule has 1 amide bonds. The van der Waals surface area contributed by atoms with E-state index in [2.05, 4.69) is 5.32 Å². The van der Waals surface area contributed by atoms with Crippen LogP contribution in [0.5, 0.6) is 11.5 Å². The Bertz CT molecular complexity index is 1030. The molecule has 0 saturated carbocycles. The molecule has 0 spiro atoms. The number of nitrogens with one attached hydrogen (secondary N) is 1. The van der Waals surface area contributed by atoms with Gasteiger partial charge in [-0.05, 0) is 37.3 Å². The third-order valence-corrected chi connectivity index (χ3v) is 5.09. The lowest BCUT2D eigenvalue weighted by Crippen LogP contribution is -2.29. The molecule has 0 aliphatic carbocycles. The standard InChI is InChI=1S/C20H18FNO5S/c1-11(19(23)22-12-7-8-15(25-2)16(9-12)26-3)27-20(24)18-10-13-14(21)5-4-6-17(13)28-18/h4-11H,1-3H3,(H,22,23)/t11-/m0/s1. The Kier molecular flexibility index (Phi) is 5.79. The molecule has 1 heterocycles. The van der Waals surface area contributed by atoms with Crippen molar-refractivity contribution in [3.63, 3.8) is 0 Å². The maximum atomic E-state index is 13.8. The Hall–Kier alpha value is -3.13. The van der Waals surface area contributed by atoms with Crippen molar-refractivity contribution in [3.8, 4) is 11.5 Å². The predicted octanol–water partition coefficient (Wildman–Crippen LogP) is 4.24. The molecule has 3 aromatic rings. The van der Waals surface area contributed by atoms with Crippen LogP contribution >= 0.6 is 11.3 Å². The first-order valence-corrected chi connectivity index (χ1v) is 9.16. The molecular formula is C20H18FNO5S. The maximum absolute atomic E-state index is 13.8. The Morgan fingerprint density at radius 3 is 2.50 bits per heavy atom. The van der Waals surface area contributed by atoms with Crippen molar-refractivity contribution < 1.29 is 28.2 Å². The minimum absolute atomic E-state index is 0.228. The van der Waals surface area contributed by atoms with Gasteiger partial charge in [0.2, 0.25) is 0 Å². The summed E-state index contributed by atoms with van der Waals surface area (Å²) in [6.45, 7) is 1.46. The van der Waals surface area contributed by atoms with Crippen LogP contribution < -0.4 is 14.8 Å². The van der Waals surface area contributed by atoms with Gasteiger partial charge in [0.1, 0.15) is 10.7 Å². The van der Waals surface area contributed by atoms with E-state index in [1.165, 1.54) is 33.3 Å². The lowest BCUT2D eigenvalue weighted by Gasteiger charge is -2.14. The minimum atomic E-state index is -1.05. The van der Waals surface area contributed by atoms with Crippen LogP contribution in [0.15, 0.2) is 42.5 Å². The van der Waals surface area contributed by atoms with E-state index >= 15 is 0 Å². The van der Waals surface area contributed by atoms with Crippen LogP contribution in [0.1, 0.15) is 16.6 Å². The number of fused-ring (bicyclic) bond motifs is 1. The number of amides is 1. The minimum Gasteiger partial charge on any atom is -0.493 e. The van der Waals surface area contributed by atoms with Gasteiger partial charge in [-0.3, -0.25) is 4.79 Å². The number of esters is 1. The van der Waals surface area contributed by atoms with Gasteiger partial charge in [0, 0.05) is 21.8 Å². The summed E-state index contributed by atoms with van der Waals surface area (Å²) in [5.41, 5.74) is 0.467. The molecule has 2 aromatic carbocycles. The van der Waals surface area contributed by atoms with Gasteiger partial charge in [0.25, 0.3) is 5.91 Å². The van der Waals surface area contributed by atoms with E-state index in [0.29, 0.717) is 27.3 Å². The lowest BCUT2D eigenvalue weighted by atomic mass is 10.2. The van der Waals surface area contributed by atoms with Gasteiger partial charge in [0.05, 0.1) is 14.2 Å². The van der Waals surface area contributed by atoms with Crippen LogP contribution in [0.4, 0.5) is 10.1 Å². The number of carbonyl (C=O) groups is 2. The number of benzene rings is 2. The monoisotopic (exact) mass is 403 g/mol. The zero-order valence-electron chi connectivity index (χ0n) is 15.4. The van der Waals surface area contributed by atoms with E-state index < -0.39 is 23.8 Å². The van der Waals surface area contributed by atoms with Crippen LogP contribution in [-0.2, 0) is 9.53 Å². The fourth-order valence-electron chi connectivity index (χ4n) is 2.56. The van der Waals surface area contributed by atoms with Crippen molar-refractivity contribution in [2.75, 3.05) is 19.5 Å². The number of anilines is 1. The molecule has 1 N–H and O–H groups in total. The van der Waals surface area contributed by atoms with Crippen molar-refractivity contribution >= 4 is 39.0 Å². The quantitative estimate of drug-likeness (QED) is 0.623. The summed E-state index contributed by atoms with van der Waals surface area (Å²) in [7, 11) is 3.00. The number of hydrogen-bond donors (Lipinski definition) is 1. The highest BCUT2D eigenvalue weighted by molar-refractivity contribution is 7.20. The summed E-state index contributed by atoms with van der Waals surface area (Å²) in [5, 5.41) is 3.00. The number of rotatable bonds is 6. The summed E-state index contributed by atoms with van der Waals surface area (Å²) in [5.74, 6) is -0.621. The largest absolute Gasteiger partial charge is 0.493 e. The van der Waals surface area contributed by atoms with Crippen LogP contribution in [0, 0.1) is 5.82 Å². The molecule has 0 unspecified atom stereocenters. The van der Waals surface area contributed by atoms with E-state index in [0.717, 1.165) is 11.3 Å². The van der Waals surface area contributed by atoms with E-state index in [-0.39, 0.29) is 4.88 Å². The molecule has 8 heteroatoms. The van der Waals surface area contributed by atoms with Crippen molar-refractivity contribution in [1.29, 1.82) is 0 Å². The smallest absolute Gasteiger partial charge is 0.349 e. The first-order chi connectivity index (χ1) is 13.4. The molecule has 146 valence electrons. The summed E-state index contributed by atoms with van der Waals surface area (Å²) >= 11 is 1.11. The molecule has 0 bridgehead atoms. The molecule has 0 aliphatic rings. The summed E-state index contributed by atoms with van der Waals surface area (Å²) < 4.78 is 30.0. The molecule has 0 aliphatic heterocycles. The Morgan fingerprint density at radius 2 is 1.82 bits per heavy atom. The van der Waals surface area contributed by atoms with Gasteiger partial charge in [-0.25, -0.2) is 9.18 Å². The van der Waals surface area contributed by atoms with E-state index in [4.69, 9.17) is 14.2 Å². The molecule has 28 heavy (non-hydrogen) atoms. The van der Waals surface area contributed by atoms with Gasteiger partial charge < -0.3 is 19.5 Å². The average Bonchev–Trinajstić information content (AvgIpc) is 3.13. The van der Waals surface area contributed by atoms with Crippen molar-refractivity contribution in [2.45, 2.75) is 13.0 Å². The molecule has 1 atom stereocenters. The first-order valence-electron chi connectivity index (χ1n) is 8.35. The second-order valence-electron chi connectivity index (χ2n) is 5.87. The Balaban J connectivity index is 1.68. The fraction of sp³-hybridized carbons (Fsp3) is 0.200. The number of hydrogen-bond acceptors (Lipinski definition) is 6. The highest BCUT2D eigenvalue weighted by Gasteiger charge is 2.21. The SMILES string of the molecule is COc1ccc(NC(=O)[C@H](C)OC(=O)c2cc3c(F)cccc3s2)cc1OC. The molecule has 0 radical (unpaired) electrons. The van der Waals surface area contributed by atoms with Gasteiger partial charge >= 0.3 is 5.97 Å². The Labute approximate surface area is 164 Å². The topological polar surface area (TPSA) is 73.9 Å². The van der Waals surface area contributed by atoms with E-state index in [1.54, 1.807) is 30.3 Å². The van der Waals surface area contributed by atoms with Gasteiger partial charge in [0.15, 0.2) is 17.6 Å². The molecular weight excluding hydrogens is 385 g/mol. The Morgan fingerprint density at radius 1 is 1.07 bits per heavy atom. The predicted molar refractivity (Wildman–Crippen MR) is 105 cm³/mol. The number of methoxy groups -OCH3 is 2. The van der Waals surface area contributed by atoms with Crippen LogP contribution in [0.2, 0.25) is 0 Å². The lowest BCUT2D eigenvalue weighted by molar-refractivity contribution is -0.123. The van der Waals surface area contributed by atoms with Crippen molar-refractivity contribution in [2.24, 2.45) is 0 Å². The van der Waals surface area contributed by atoms with Crippen LogP contribution in [0.25, 0.3) is 10.1 Å². The number of carbonyl (C=O) groups excluding carboxylic acids is 2. The molecule has 3 rings (SSSR count). The zero-order valence-corrected chi connectivity index (χ0v) is 16.3. The highest BCUT2D eigenvalue weighted by atomic mass is 32.1. The highest BCUT2D eigenvalue weighted by Crippen LogP contribution is 2.30. The van der Waals surface area contributed by atoms with Gasteiger partial charge in [-0.1, -0.05) is 6.07 Å². The second-order valence-corrected chi connectivity index (χ2v) is 6.95. The third-order valence-electron chi connectivity index (χ3n) is 4.01. The normalized spacial score (nSPS) is 11.7. The first kappa shape index (κ1) is 19.6.